The highest BCUT2D eigenvalue weighted by Gasteiger charge is 2.13. The van der Waals surface area contributed by atoms with Gasteiger partial charge in [-0.05, 0) is 53.4 Å². The van der Waals surface area contributed by atoms with Gasteiger partial charge in [0, 0.05) is 18.2 Å². The van der Waals surface area contributed by atoms with Gasteiger partial charge in [0.2, 0.25) is 11.8 Å². The van der Waals surface area contributed by atoms with Crippen LogP contribution in [0.4, 0.5) is 0 Å². The number of nitrogens with zero attached hydrogens (tertiary/aromatic N) is 1. The molecule has 4 aromatic rings. The van der Waals surface area contributed by atoms with E-state index in [-0.39, 0.29) is 12.4 Å². The molecule has 0 saturated heterocycles. The number of pyridine rings is 1. The zero-order valence-electron chi connectivity index (χ0n) is 19.1. The molecule has 1 aromatic heterocycles. The molecule has 1 heterocycles. The molecule has 0 fully saturated rings. The standard InChI is InChI=1S/C28H28N2O3.ClH/c1-2-31-25-16-23(18-29)15-24(17-25)26-13-14-27(32-19-21-9-5-3-6-10-21)30-28(26)33-20-22-11-7-4-8-12-22;/h3-17H,2,18-20,29H2,1H3;1H. The Hall–Kier alpha value is -3.54. The average Bonchev–Trinajstić information content (AvgIpc) is 2.87. The van der Waals surface area contributed by atoms with Gasteiger partial charge in [-0.2, -0.15) is 4.98 Å². The molecule has 0 saturated carbocycles. The van der Waals surface area contributed by atoms with E-state index in [2.05, 4.69) is 0 Å². The number of halogens is 1. The van der Waals surface area contributed by atoms with E-state index in [1.165, 1.54) is 0 Å². The van der Waals surface area contributed by atoms with Crippen molar-refractivity contribution < 1.29 is 14.2 Å². The molecule has 6 heteroatoms. The molecule has 4 rings (SSSR count). The van der Waals surface area contributed by atoms with Crippen LogP contribution in [0.5, 0.6) is 17.5 Å². The molecule has 3 aromatic carbocycles. The van der Waals surface area contributed by atoms with Gasteiger partial charge in [0.25, 0.3) is 0 Å². The van der Waals surface area contributed by atoms with E-state index < -0.39 is 0 Å². The predicted molar refractivity (Wildman–Crippen MR) is 138 cm³/mol. The summed E-state index contributed by atoms with van der Waals surface area (Å²) in [6.45, 7) is 3.79. The fraction of sp³-hybridized carbons (Fsp3) is 0.179. The average molecular weight is 477 g/mol. The molecular formula is C28H29ClN2O3. The minimum absolute atomic E-state index is 0. The molecule has 0 atom stereocenters. The summed E-state index contributed by atoms with van der Waals surface area (Å²) in [5.41, 5.74) is 10.8. The summed E-state index contributed by atoms with van der Waals surface area (Å²) in [7, 11) is 0. The zero-order chi connectivity index (χ0) is 22.9. The molecule has 0 aliphatic heterocycles. The van der Waals surface area contributed by atoms with E-state index in [0.717, 1.165) is 33.6 Å². The van der Waals surface area contributed by atoms with Crippen molar-refractivity contribution in [2.75, 3.05) is 6.61 Å². The highest BCUT2D eigenvalue weighted by Crippen LogP contribution is 2.34. The molecule has 0 aliphatic rings. The quantitative estimate of drug-likeness (QED) is 0.296. The van der Waals surface area contributed by atoms with E-state index in [1.807, 2.05) is 97.9 Å². The number of ether oxygens (including phenoxy) is 3. The highest BCUT2D eigenvalue weighted by molar-refractivity contribution is 5.85. The predicted octanol–water partition coefficient (Wildman–Crippen LogP) is 6.19. The lowest BCUT2D eigenvalue weighted by molar-refractivity contribution is 0.268. The summed E-state index contributed by atoms with van der Waals surface area (Å²) in [4.78, 5) is 4.69. The van der Waals surface area contributed by atoms with Crippen LogP contribution in [0.2, 0.25) is 0 Å². The van der Waals surface area contributed by atoms with Gasteiger partial charge in [-0.3, -0.25) is 0 Å². The molecule has 0 radical (unpaired) electrons. The minimum Gasteiger partial charge on any atom is -0.494 e. The molecule has 0 spiro atoms. The van der Waals surface area contributed by atoms with Crippen molar-refractivity contribution in [3.05, 3.63) is 108 Å². The lowest BCUT2D eigenvalue weighted by atomic mass is 10.0. The maximum absolute atomic E-state index is 6.18. The van der Waals surface area contributed by atoms with Gasteiger partial charge in [0.05, 0.1) is 6.61 Å². The van der Waals surface area contributed by atoms with Gasteiger partial charge < -0.3 is 19.9 Å². The van der Waals surface area contributed by atoms with Crippen molar-refractivity contribution in [3.8, 4) is 28.6 Å². The number of benzene rings is 3. The second-order valence-electron chi connectivity index (χ2n) is 7.55. The van der Waals surface area contributed by atoms with E-state index in [4.69, 9.17) is 24.9 Å². The van der Waals surface area contributed by atoms with Gasteiger partial charge in [-0.25, -0.2) is 0 Å². The Labute approximate surface area is 206 Å². The van der Waals surface area contributed by atoms with Crippen LogP contribution >= 0.6 is 12.4 Å². The van der Waals surface area contributed by atoms with Crippen molar-refractivity contribution in [2.45, 2.75) is 26.7 Å². The Morgan fingerprint density at radius 3 is 1.97 bits per heavy atom. The SMILES string of the molecule is CCOc1cc(CN)cc(-c2ccc(OCc3ccccc3)nc2OCc2ccccc2)c1.Cl. The number of aromatic nitrogens is 1. The maximum atomic E-state index is 6.18. The van der Waals surface area contributed by atoms with Gasteiger partial charge in [-0.1, -0.05) is 60.7 Å². The van der Waals surface area contributed by atoms with Crippen molar-refractivity contribution in [1.29, 1.82) is 0 Å². The van der Waals surface area contributed by atoms with Crippen LogP contribution in [0.3, 0.4) is 0 Å². The second-order valence-corrected chi connectivity index (χ2v) is 7.55. The van der Waals surface area contributed by atoms with Gasteiger partial charge in [0.1, 0.15) is 19.0 Å². The normalized spacial score (nSPS) is 10.3. The van der Waals surface area contributed by atoms with E-state index >= 15 is 0 Å². The van der Waals surface area contributed by atoms with Crippen LogP contribution in [0.1, 0.15) is 23.6 Å². The van der Waals surface area contributed by atoms with Crippen LogP contribution in [0, 0.1) is 0 Å². The Morgan fingerprint density at radius 1 is 0.706 bits per heavy atom. The fourth-order valence-electron chi connectivity index (χ4n) is 3.48. The summed E-state index contributed by atoms with van der Waals surface area (Å²) in [5, 5.41) is 0. The Kier molecular flexibility index (Phi) is 9.32. The molecule has 2 N–H and O–H groups in total. The van der Waals surface area contributed by atoms with E-state index in [9.17, 15) is 0 Å². The number of nitrogens with two attached hydrogens (primary N) is 1. The maximum Gasteiger partial charge on any atom is 0.225 e. The molecule has 0 amide bonds. The summed E-state index contributed by atoms with van der Waals surface area (Å²) in [6, 6.07) is 29.9. The van der Waals surface area contributed by atoms with Crippen LogP contribution in [-0.4, -0.2) is 11.6 Å². The van der Waals surface area contributed by atoms with E-state index in [0.29, 0.717) is 38.1 Å². The summed E-state index contributed by atoms with van der Waals surface area (Å²) in [5.74, 6) is 1.78. The van der Waals surface area contributed by atoms with Crippen LogP contribution in [-0.2, 0) is 19.8 Å². The van der Waals surface area contributed by atoms with Crippen molar-refractivity contribution >= 4 is 12.4 Å². The lowest BCUT2D eigenvalue weighted by Gasteiger charge is -2.15. The van der Waals surface area contributed by atoms with Crippen molar-refractivity contribution in [3.63, 3.8) is 0 Å². The molecule has 0 aliphatic carbocycles. The Morgan fingerprint density at radius 2 is 1.35 bits per heavy atom. The third-order valence-electron chi connectivity index (χ3n) is 5.11. The highest BCUT2D eigenvalue weighted by atomic mass is 35.5. The number of rotatable bonds is 10. The zero-order valence-corrected chi connectivity index (χ0v) is 20.0. The monoisotopic (exact) mass is 476 g/mol. The number of hydrogen-bond donors (Lipinski definition) is 1. The van der Waals surface area contributed by atoms with Crippen LogP contribution < -0.4 is 19.9 Å². The first-order valence-electron chi connectivity index (χ1n) is 11.1. The topological polar surface area (TPSA) is 66.6 Å². The minimum atomic E-state index is 0. The molecule has 5 nitrogen and oxygen atoms in total. The molecule has 34 heavy (non-hydrogen) atoms. The Bertz CT molecular complexity index is 1170. The largest absolute Gasteiger partial charge is 0.494 e. The van der Waals surface area contributed by atoms with Crippen LogP contribution in [0.25, 0.3) is 11.1 Å². The first-order chi connectivity index (χ1) is 16.2. The lowest BCUT2D eigenvalue weighted by Crippen LogP contribution is -2.03. The molecular weight excluding hydrogens is 448 g/mol. The fourth-order valence-corrected chi connectivity index (χ4v) is 3.48. The summed E-state index contributed by atoms with van der Waals surface area (Å²) < 4.78 is 17.9. The van der Waals surface area contributed by atoms with Gasteiger partial charge >= 0.3 is 0 Å². The first kappa shape index (κ1) is 25.1. The summed E-state index contributed by atoms with van der Waals surface area (Å²) >= 11 is 0. The molecule has 176 valence electrons. The smallest absolute Gasteiger partial charge is 0.225 e. The Balaban J connectivity index is 0.00000324. The summed E-state index contributed by atoms with van der Waals surface area (Å²) in [6.07, 6.45) is 0. The molecule has 0 unspecified atom stereocenters. The third kappa shape index (κ3) is 6.73. The van der Waals surface area contributed by atoms with Gasteiger partial charge in [-0.15, -0.1) is 12.4 Å². The second kappa shape index (κ2) is 12.6. The molecule has 0 bridgehead atoms. The van der Waals surface area contributed by atoms with Crippen molar-refractivity contribution in [1.82, 2.24) is 4.98 Å². The first-order valence-corrected chi connectivity index (χ1v) is 11.1. The van der Waals surface area contributed by atoms with E-state index in [1.54, 1.807) is 0 Å². The van der Waals surface area contributed by atoms with Gasteiger partial charge in [0.15, 0.2) is 0 Å². The number of hydrogen-bond acceptors (Lipinski definition) is 5. The van der Waals surface area contributed by atoms with Crippen molar-refractivity contribution in [2.24, 2.45) is 5.73 Å². The third-order valence-corrected chi connectivity index (χ3v) is 5.11. The van der Waals surface area contributed by atoms with Crippen LogP contribution in [0.15, 0.2) is 91.0 Å².